The summed E-state index contributed by atoms with van der Waals surface area (Å²) in [6, 6.07) is 0. The van der Waals surface area contributed by atoms with Crippen LogP contribution < -0.4 is 0 Å². The van der Waals surface area contributed by atoms with Crippen LogP contribution in [0.1, 0.15) is 27.2 Å². The van der Waals surface area contributed by atoms with Gasteiger partial charge in [0.2, 0.25) is 0 Å². The van der Waals surface area contributed by atoms with Gasteiger partial charge in [-0.3, -0.25) is 0 Å². The van der Waals surface area contributed by atoms with Crippen LogP contribution in [-0.2, 0) is 4.74 Å². The number of ether oxygens (including phenoxy) is 1. The van der Waals surface area contributed by atoms with E-state index >= 15 is 0 Å². The normalized spacial score (nSPS) is 16.5. The second kappa shape index (κ2) is 5.36. The Morgan fingerprint density at radius 3 is 2.18 bits per heavy atom. The number of hydrogen-bond donors (Lipinski definition) is 0. The van der Waals surface area contributed by atoms with E-state index in [-0.39, 0.29) is 0 Å². The third kappa shape index (κ3) is 4.20. The molecular weight excluding hydrogens is 136 g/mol. The quantitative estimate of drug-likeness (QED) is 0.556. The molecule has 1 nitrogen and oxygen atoms in total. The molecule has 0 rings (SSSR count). The largest absolute Gasteiger partial charge is 0.381 e. The first kappa shape index (κ1) is 10.7. The van der Waals surface area contributed by atoms with Gasteiger partial charge in [-0.05, 0) is 18.3 Å². The third-order valence-electron chi connectivity index (χ3n) is 1.96. The zero-order valence-corrected chi connectivity index (χ0v) is 8.13. The maximum Gasteiger partial charge on any atom is 0.0633 e. The van der Waals surface area contributed by atoms with Gasteiger partial charge in [-0.25, -0.2) is 0 Å². The van der Waals surface area contributed by atoms with Crippen molar-refractivity contribution >= 4 is 0 Å². The highest BCUT2D eigenvalue weighted by molar-refractivity contribution is 4.82. The van der Waals surface area contributed by atoms with E-state index in [4.69, 9.17) is 4.74 Å². The molecule has 0 bridgehead atoms. The standard InChI is InChI=1S/C10H20O/c1-6-9(4)10(11-5)7-8(2)3/h6,8-10H,1,7H2,2-5H3. The molecule has 66 valence electrons. The lowest BCUT2D eigenvalue weighted by Crippen LogP contribution is -2.20. The van der Waals surface area contributed by atoms with Gasteiger partial charge in [0.05, 0.1) is 6.10 Å². The van der Waals surface area contributed by atoms with E-state index in [1.165, 1.54) is 0 Å². The first-order valence-electron chi connectivity index (χ1n) is 4.27. The molecule has 0 aliphatic rings. The van der Waals surface area contributed by atoms with Gasteiger partial charge >= 0.3 is 0 Å². The molecule has 2 atom stereocenters. The molecule has 0 amide bonds. The summed E-state index contributed by atoms with van der Waals surface area (Å²) in [6.45, 7) is 10.3. The molecule has 0 saturated carbocycles. The average Bonchev–Trinajstić information content (AvgIpc) is 1.98. The van der Waals surface area contributed by atoms with Crippen LogP contribution >= 0.6 is 0 Å². The van der Waals surface area contributed by atoms with Crippen LogP contribution in [0, 0.1) is 11.8 Å². The summed E-state index contributed by atoms with van der Waals surface area (Å²) in [5.41, 5.74) is 0. The van der Waals surface area contributed by atoms with Gasteiger partial charge in [0.25, 0.3) is 0 Å². The maximum absolute atomic E-state index is 5.34. The van der Waals surface area contributed by atoms with Gasteiger partial charge in [-0.15, -0.1) is 6.58 Å². The van der Waals surface area contributed by atoms with Gasteiger partial charge in [0.15, 0.2) is 0 Å². The Bertz CT molecular complexity index is 107. The molecule has 0 fully saturated rings. The fourth-order valence-electron chi connectivity index (χ4n) is 1.14. The van der Waals surface area contributed by atoms with Crippen molar-refractivity contribution in [3.8, 4) is 0 Å². The van der Waals surface area contributed by atoms with Gasteiger partial charge in [-0.1, -0.05) is 26.8 Å². The van der Waals surface area contributed by atoms with Crippen LogP contribution in [0.25, 0.3) is 0 Å². The van der Waals surface area contributed by atoms with Gasteiger partial charge in [0.1, 0.15) is 0 Å². The molecule has 0 N–H and O–H groups in total. The van der Waals surface area contributed by atoms with Crippen LogP contribution in [0.4, 0.5) is 0 Å². The van der Waals surface area contributed by atoms with E-state index in [1.54, 1.807) is 7.11 Å². The molecule has 0 aromatic heterocycles. The van der Waals surface area contributed by atoms with E-state index in [0.29, 0.717) is 17.9 Å². The summed E-state index contributed by atoms with van der Waals surface area (Å²) in [6.07, 6.45) is 3.41. The van der Waals surface area contributed by atoms with Crippen molar-refractivity contribution in [3.63, 3.8) is 0 Å². The summed E-state index contributed by atoms with van der Waals surface area (Å²) in [7, 11) is 1.77. The van der Waals surface area contributed by atoms with E-state index in [2.05, 4.69) is 27.4 Å². The highest BCUT2D eigenvalue weighted by Gasteiger charge is 2.14. The average molecular weight is 156 g/mol. The minimum atomic E-state index is 0.340. The maximum atomic E-state index is 5.34. The van der Waals surface area contributed by atoms with Crippen molar-refractivity contribution in [3.05, 3.63) is 12.7 Å². The van der Waals surface area contributed by atoms with Crippen molar-refractivity contribution in [1.82, 2.24) is 0 Å². The minimum Gasteiger partial charge on any atom is -0.381 e. The number of rotatable bonds is 5. The highest BCUT2D eigenvalue weighted by Crippen LogP contribution is 2.16. The smallest absolute Gasteiger partial charge is 0.0633 e. The molecule has 11 heavy (non-hydrogen) atoms. The Morgan fingerprint density at radius 1 is 1.36 bits per heavy atom. The molecule has 0 radical (unpaired) electrons. The van der Waals surface area contributed by atoms with Crippen LogP contribution in [0.5, 0.6) is 0 Å². The summed E-state index contributed by atoms with van der Waals surface area (Å²) >= 11 is 0. The Labute approximate surface area is 70.4 Å². The van der Waals surface area contributed by atoms with Crippen LogP contribution in [0.3, 0.4) is 0 Å². The van der Waals surface area contributed by atoms with Crippen LogP contribution in [0.2, 0.25) is 0 Å². The molecule has 0 aliphatic heterocycles. The molecule has 0 spiro atoms. The molecule has 0 aliphatic carbocycles. The zero-order valence-electron chi connectivity index (χ0n) is 8.13. The lowest BCUT2D eigenvalue weighted by Gasteiger charge is -2.21. The first-order chi connectivity index (χ1) is 5.11. The van der Waals surface area contributed by atoms with Gasteiger partial charge < -0.3 is 4.74 Å². The van der Waals surface area contributed by atoms with Crippen molar-refractivity contribution in [2.45, 2.75) is 33.3 Å². The molecular formula is C10H20O. The number of hydrogen-bond acceptors (Lipinski definition) is 1. The fourth-order valence-corrected chi connectivity index (χ4v) is 1.14. The highest BCUT2D eigenvalue weighted by atomic mass is 16.5. The lowest BCUT2D eigenvalue weighted by molar-refractivity contribution is 0.0573. The predicted octanol–water partition coefficient (Wildman–Crippen LogP) is 2.87. The Kier molecular flexibility index (Phi) is 5.22. The Hall–Kier alpha value is -0.300. The second-order valence-electron chi connectivity index (χ2n) is 3.50. The third-order valence-corrected chi connectivity index (χ3v) is 1.96. The van der Waals surface area contributed by atoms with E-state index < -0.39 is 0 Å². The summed E-state index contributed by atoms with van der Waals surface area (Å²) in [5.74, 6) is 1.16. The minimum absolute atomic E-state index is 0.340. The van der Waals surface area contributed by atoms with Crippen molar-refractivity contribution in [2.24, 2.45) is 11.8 Å². The Balaban J connectivity index is 3.83. The van der Waals surface area contributed by atoms with Crippen LogP contribution in [-0.4, -0.2) is 13.2 Å². The molecule has 0 saturated heterocycles. The first-order valence-corrected chi connectivity index (χ1v) is 4.27. The second-order valence-corrected chi connectivity index (χ2v) is 3.50. The molecule has 0 aromatic rings. The topological polar surface area (TPSA) is 9.23 Å². The summed E-state index contributed by atoms with van der Waals surface area (Å²) in [4.78, 5) is 0. The van der Waals surface area contributed by atoms with E-state index in [1.807, 2.05) is 6.08 Å². The van der Waals surface area contributed by atoms with Gasteiger partial charge in [-0.2, -0.15) is 0 Å². The molecule has 0 aromatic carbocycles. The number of methoxy groups -OCH3 is 1. The Morgan fingerprint density at radius 2 is 1.91 bits per heavy atom. The van der Waals surface area contributed by atoms with Crippen molar-refractivity contribution in [1.29, 1.82) is 0 Å². The fraction of sp³-hybridized carbons (Fsp3) is 0.800. The van der Waals surface area contributed by atoms with Gasteiger partial charge in [0, 0.05) is 7.11 Å². The van der Waals surface area contributed by atoms with E-state index in [9.17, 15) is 0 Å². The predicted molar refractivity (Wildman–Crippen MR) is 49.6 cm³/mol. The van der Waals surface area contributed by atoms with Crippen LogP contribution in [0.15, 0.2) is 12.7 Å². The van der Waals surface area contributed by atoms with Crippen molar-refractivity contribution < 1.29 is 4.74 Å². The molecule has 2 unspecified atom stereocenters. The molecule has 0 heterocycles. The summed E-state index contributed by atoms with van der Waals surface area (Å²) < 4.78 is 5.34. The summed E-state index contributed by atoms with van der Waals surface area (Å²) in [5, 5.41) is 0. The molecule has 1 heteroatoms. The van der Waals surface area contributed by atoms with E-state index in [0.717, 1.165) is 6.42 Å². The SMILES string of the molecule is C=CC(C)C(CC(C)C)OC. The monoisotopic (exact) mass is 156 g/mol. The van der Waals surface area contributed by atoms with Crippen molar-refractivity contribution in [2.75, 3.05) is 7.11 Å². The lowest BCUT2D eigenvalue weighted by atomic mass is 9.96. The zero-order chi connectivity index (χ0) is 8.85.